The topological polar surface area (TPSA) is 84.1 Å². The Bertz CT molecular complexity index is 1350. The molecule has 7 nitrogen and oxygen atoms in total. The maximum absolute atomic E-state index is 13.6. The van der Waals surface area contributed by atoms with Gasteiger partial charge in [-0.05, 0) is 50.2 Å². The highest BCUT2D eigenvalue weighted by Crippen LogP contribution is 2.39. The fraction of sp³-hybridized carbons (Fsp3) is 0.393. The Kier molecular flexibility index (Phi) is 7.73. The van der Waals surface area contributed by atoms with Gasteiger partial charge in [-0.25, -0.2) is 9.78 Å². The van der Waals surface area contributed by atoms with Crippen LogP contribution in [-0.4, -0.2) is 46.1 Å². The summed E-state index contributed by atoms with van der Waals surface area (Å²) in [4.78, 5) is 34.2. The number of hydrogen-bond donors (Lipinski definition) is 1. The minimum absolute atomic E-state index is 0.00792. The molecule has 0 bridgehead atoms. The molecule has 0 radical (unpaired) electrons. The molecule has 0 aliphatic heterocycles. The van der Waals surface area contributed by atoms with Gasteiger partial charge in [-0.1, -0.05) is 31.2 Å². The molecule has 9 heteroatoms. The van der Waals surface area contributed by atoms with E-state index in [1.54, 1.807) is 16.2 Å². The lowest BCUT2D eigenvalue weighted by atomic mass is 9.82. The second-order valence-corrected chi connectivity index (χ2v) is 11.5. The third kappa shape index (κ3) is 5.49. The number of fused-ring (bicyclic) bond motifs is 1. The third-order valence-corrected chi connectivity index (χ3v) is 8.98. The highest BCUT2D eigenvalue weighted by atomic mass is 32.1. The number of carbonyl (C=O) groups excluding carboxylic acids is 1. The van der Waals surface area contributed by atoms with Gasteiger partial charge in [0.15, 0.2) is 4.96 Å². The number of ether oxygens (including phenoxy) is 1. The van der Waals surface area contributed by atoms with E-state index in [1.165, 1.54) is 11.3 Å². The molecule has 3 aromatic heterocycles. The molecule has 1 amide bonds. The van der Waals surface area contributed by atoms with Gasteiger partial charge in [0.05, 0.1) is 18.0 Å². The summed E-state index contributed by atoms with van der Waals surface area (Å²) in [5.41, 5.74) is 3.27. The molecule has 0 atom stereocenters. The van der Waals surface area contributed by atoms with Crippen LogP contribution in [0.5, 0.6) is 0 Å². The van der Waals surface area contributed by atoms with E-state index in [4.69, 9.17) is 4.74 Å². The van der Waals surface area contributed by atoms with Gasteiger partial charge < -0.3 is 14.7 Å². The van der Waals surface area contributed by atoms with E-state index in [0.717, 1.165) is 52.3 Å². The number of amides is 1. The van der Waals surface area contributed by atoms with Crippen molar-refractivity contribution in [3.8, 4) is 21.7 Å². The number of carboxylic acids is 1. The fourth-order valence-electron chi connectivity index (χ4n) is 4.93. The van der Waals surface area contributed by atoms with Gasteiger partial charge in [-0.2, -0.15) is 0 Å². The van der Waals surface area contributed by atoms with Crippen LogP contribution in [0.1, 0.15) is 49.2 Å². The average Bonchev–Trinajstić information content (AvgIpc) is 3.62. The van der Waals surface area contributed by atoms with Crippen LogP contribution < -0.4 is 4.90 Å². The van der Waals surface area contributed by atoms with Gasteiger partial charge in [-0.15, -0.1) is 22.7 Å². The number of aromatic carboxylic acids is 1. The monoisotopic (exact) mass is 537 g/mol. The molecule has 1 aromatic carbocycles. The van der Waals surface area contributed by atoms with Crippen LogP contribution in [0.3, 0.4) is 0 Å². The number of thiophene rings is 1. The van der Waals surface area contributed by atoms with E-state index in [0.29, 0.717) is 31.4 Å². The lowest BCUT2D eigenvalue weighted by Gasteiger charge is -2.31. The predicted octanol–water partition coefficient (Wildman–Crippen LogP) is 6.69. The quantitative estimate of drug-likeness (QED) is 0.241. The van der Waals surface area contributed by atoms with Gasteiger partial charge in [0.25, 0.3) is 0 Å². The molecule has 4 aromatic rings. The normalized spacial score (nSPS) is 17.8. The first-order valence-corrected chi connectivity index (χ1v) is 14.4. The zero-order valence-corrected chi connectivity index (χ0v) is 22.7. The standard InChI is InChI=1S/C28H31N3O4S2/c1-3-35-14-12-31(26(32)21-6-4-18(2)5-7-21)23-16-24(37-25(23)27(33)34)20-10-8-19(9-11-20)22-17-30-13-15-36-28(30)29-22/h8-11,13,15-18,21H,3-7,12,14H2,1-2H3,(H,33,34). The SMILES string of the molecule is CCOCCN(C(=O)C1CCC(C)CC1)c1cc(-c2ccc(-c3cn4ccsc4n3)cc2)sc1C(=O)O. The van der Waals surface area contributed by atoms with Gasteiger partial charge in [0.1, 0.15) is 4.88 Å². The fourth-order valence-corrected chi connectivity index (χ4v) is 6.63. The van der Waals surface area contributed by atoms with E-state index < -0.39 is 5.97 Å². The van der Waals surface area contributed by atoms with Crippen molar-refractivity contribution in [1.29, 1.82) is 0 Å². The summed E-state index contributed by atoms with van der Waals surface area (Å²) in [5, 5.41) is 12.0. The number of imidazole rings is 1. The van der Waals surface area contributed by atoms with Crippen molar-refractivity contribution in [2.75, 3.05) is 24.7 Å². The Morgan fingerprint density at radius 1 is 1.16 bits per heavy atom. The Hall–Kier alpha value is -3.01. The van der Waals surface area contributed by atoms with Crippen LogP contribution >= 0.6 is 22.7 Å². The highest BCUT2D eigenvalue weighted by molar-refractivity contribution is 7.18. The summed E-state index contributed by atoms with van der Waals surface area (Å²) in [6.45, 7) is 5.39. The molecule has 0 spiro atoms. The first-order valence-electron chi connectivity index (χ1n) is 12.7. The van der Waals surface area contributed by atoms with Crippen LogP contribution in [0, 0.1) is 11.8 Å². The lowest BCUT2D eigenvalue weighted by Crippen LogP contribution is -2.40. The van der Waals surface area contributed by atoms with E-state index in [1.807, 2.05) is 59.4 Å². The maximum Gasteiger partial charge on any atom is 0.348 e. The minimum atomic E-state index is -1.02. The van der Waals surface area contributed by atoms with Crippen LogP contribution in [0.2, 0.25) is 0 Å². The van der Waals surface area contributed by atoms with Crippen molar-refractivity contribution < 1.29 is 19.4 Å². The summed E-state index contributed by atoms with van der Waals surface area (Å²) < 4.78 is 7.56. The number of thiazole rings is 1. The van der Waals surface area contributed by atoms with Crippen LogP contribution in [0.4, 0.5) is 5.69 Å². The minimum Gasteiger partial charge on any atom is -0.477 e. The number of rotatable bonds is 9. The second kappa shape index (κ2) is 11.2. The number of nitrogens with zero attached hydrogens (tertiary/aromatic N) is 3. The summed E-state index contributed by atoms with van der Waals surface area (Å²) in [6, 6.07) is 9.83. The van der Waals surface area contributed by atoms with Gasteiger partial charge in [0, 0.05) is 47.3 Å². The number of hydrogen-bond acceptors (Lipinski definition) is 6. The number of aromatic nitrogens is 2. The first kappa shape index (κ1) is 25.6. The van der Waals surface area contributed by atoms with Crippen molar-refractivity contribution in [1.82, 2.24) is 9.38 Å². The number of carboxylic acid groups (broad SMARTS) is 1. The summed E-state index contributed by atoms with van der Waals surface area (Å²) in [5.74, 6) is -0.461. The summed E-state index contributed by atoms with van der Waals surface area (Å²) >= 11 is 2.80. The molecular formula is C28H31N3O4S2. The van der Waals surface area contributed by atoms with Gasteiger partial charge in [0.2, 0.25) is 5.91 Å². The molecule has 1 saturated carbocycles. The van der Waals surface area contributed by atoms with Crippen molar-refractivity contribution >= 4 is 45.2 Å². The van der Waals surface area contributed by atoms with Crippen molar-refractivity contribution in [3.05, 3.63) is 53.0 Å². The Balaban J connectivity index is 1.44. The molecule has 5 rings (SSSR count). The van der Waals surface area contributed by atoms with E-state index >= 15 is 0 Å². The Labute approximate surface area is 224 Å². The molecule has 3 heterocycles. The van der Waals surface area contributed by atoms with E-state index in [2.05, 4.69) is 11.9 Å². The first-order chi connectivity index (χ1) is 17.9. The summed E-state index contributed by atoms with van der Waals surface area (Å²) in [7, 11) is 0. The molecule has 1 aliphatic carbocycles. The zero-order chi connectivity index (χ0) is 25.9. The van der Waals surface area contributed by atoms with Gasteiger partial charge >= 0.3 is 5.97 Å². The van der Waals surface area contributed by atoms with E-state index in [9.17, 15) is 14.7 Å². The molecule has 37 heavy (non-hydrogen) atoms. The van der Waals surface area contributed by atoms with Gasteiger partial charge in [-0.3, -0.25) is 9.20 Å². The number of benzene rings is 1. The van der Waals surface area contributed by atoms with Crippen LogP contribution in [0.15, 0.2) is 48.1 Å². The Morgan fingerprint density at radius 3 is 2.57 bits per heavy atom. The maximum atomic E-state index is 13.6. The number of carbonyl (C=O) groups is 2. The molecule has 1 aliphatic rings. The van der Waals surface area contributed by atoms with Crippen LogP contribution in [-0.2, 0) is 9.53 Å². The zero-order valence-electron chi connectivity index (χ0n) is 21.1. The predicted molar refractivity (Wildman–Crippen MR) is 149 cm³/mol. The molecule has 0 saturated heterocycles. The van der Waals surface area contributed by atoms with E-state index in [-0.39, 0.29) is 16.7 Å². The molecule has 1 fully saturated rings. The lowest BCUT2D eigenvalue weighted by molar-refractivity contribution is -0.123. The van der Waals surface area contributed by atoms with Crippen molar-refractivity contribution in [2.45, 2.75) is 39.5 Å². The summed E-state index contributed by atoms with van der Waals surface area (Å²) in [6.07, 6.45) is 7.73. The Morgan fingerprint density at radius 2 is 1.89 bits per heavy atom. The molecule has 194 valence electrons. The average molecular weight is 538 g/mol. The van der Waals surface area contributed by atoms with Crippen molar-refractivity contribution in [2.24, 2.45) is 11.8 Å². The smallest absolute Gasteiger partial charge is 0.348 e. The third-order valence-electron chi connectivity index (χ3n) is 7.05. The number of anilines is 1. The van der Waals surface area contributed by atoms with Crippen molar-refractivity contribution in [3.63, 3.8) is 0 Å². The van der Waals surface area contributed by atoms with Crippen LogP contribution in [0.25, 0.3) is 26.7 Å². The molecule has 1 N–H and O–H groups in total. The molecular weight excluding hydrogens is 506 g/mol. The highest BCUT2D eigenvalue weighted by Gasteiger charge is 2.32. The second-order valence-electron chi connectivity index (χ2n) is 9.57. The molecule has 0 unspecified atom stereocenters. The largest absolute Gasteiger partial charge is 0.477 e.